The van der Waals surface area contributed by atoms with Crippen molar-refractivity contribution in [2.24, 2.45) is 0 Å². The maximum Gasteiger partial charge on any atom is 0.416 e. The van der Waals surface area contributed by atoms with Crippen LogP contribution in [0.1, 0.15) is 51.9 Å². The molecule has 180 valence electrons. The minimum atomic E-state index is -4.52. The van der Waals surface area contributed by atoms with Gasteiger partial charge in [-0.1, -0.05) is 17.9 Å². The van der Waals surface area contributed by atoms with Crippen molar-refractivity contribution < 1.29 is 18.0 Å². The maximum atomic E-state index is 13.4. The smallest absolute Gasteiger partial charge is 0.370 e. The second-order valence-electron chi connectivity index (χ2n) is 8.34. The molecule has 0 unspecified atom stereocenters. The van der Waals surface area contributed by atoms with E-state index in [1.807, 2.05) is 4.90 Å². The number of halogens is 3. The van der Waals surface area contributed by atoms with Gasteiger partial charge in [0.1, 0.15) is 0 Å². The molecule has 1 fully saturated rings. The van der Waals surface area contributed by atoms with E-state index in [0.717, 1.165) is 44.5 Å². The van der Waals surface area contributed by atoms with Crippen LogP contribution in [0.5, 0.6) is 0 Å². The van der Waals surface area contributed by atoms with Crippen LogP contribution in [0.15, 0.2) is 48.8 Å². The molecule has 9 heteroatoms. The number of benzene rings is 2. The highest BCUT2D eigenvalue weighted by molar-refractivity contribution is 6.07. The minimum absolute atomic E-state index is 0.140. The minimum Gasteiger partial charge on any atom is -0.370 e. The molecule has 1 aromatic heterocycles. The van der Waals surface area contributed by atoms with Crippen molar-refractivity contribution in [3.05, 3.63) is 76.6 Å². The van der Waals surface area contributed by atoms with Crippen LogP contribution >= 0.6 is 0 Å². The van der Waals surface area contributed by atoms with Crippen LogP contribution < -0.4 is 16.0 Å². The van der Waals surface area contributed by atoms with Gasteiger partial charge in [0.25, 0.3) is 5.91 Å². The molecule has 0 saturated carbocycles. The average Bonchev–Trinajstić information content (AvgIpc) is 2.84. The molecule has 35 heavy (non-hydrogen) atoms. The number of nitrogens with two attached hydrogens (primary N) is 1. The van der Waals surface area contributed by atoms with Crippen molar-refractivity contribution in [1.29, 1.82) is 0 Å². The van der Waals surface area contributed by atoms with Crippen LogP contribution in [-0.4, -0.2) is 29.0 Å². The fourth-order valence-electron chi connectivity index (χ4n) is 3.90. The van der Waals surface area contributed by atoms with Crippen molar-refractivity contribution in [1.82, 2.24) is 9.97 Å². The standard InChI is InChI=1S/C26H24F3N5O/c1-17-5-6-18(7-8-19-15-31-25(30)32-16-19)13-21(17)24(35)33-22-14-20(26(27,28)29)9-10-23(22)34-11-3-2-4-12-34/h5-6,9-10,13-16H,2-4,11-12H2,1H3,(H,33,35)(H2,30,31,32). The lowest BCUT2D eigenvalue weighted by atomic mass is 10.0. The first-order valence-electron chi connectivity index (χ1n) is 11.2. The van der Waals surface area contributed by atoms with E-state index < -0.39 is 17.6 Å². The fraction of sp³-hybridized carbons (Fsp3) is 0.269. The molecule has 1 aliphatic heterocycles. The quantitative estimate of drug-likeness (QED) is 0.515. The Balaban J connectivity index is 1.63. The highest BCUT2D eigenvalue weighted by atomic mass is 19.4. The molecule has 1 aliphatic rings. The third kappa shape index (κ3) is 5.90. The van der Waals surface area contributed by atoms with E-state index in [-0.39, 0.29) is 11.6 Å². The predicted molar refractivity (Wildman–Crippen MR) is 129 cm³/mol. The zero-order chi connectivity index (χ0) is 25.0. The lowest BCUT2D eigenvalue weighted by molar-refractivity contribution is -0.137. The van der Waals surface area contributed by atoms with Crippen molar-refractivity contribution in [3.8, 4) is 11.8 Å². The van der Waals surface area contributed by atoms with E-state index in [4.69, 9.17) is 5.73 Å². The molecule has 2 aromatic carbocycles. The molecule has 0 atom stereocenters. The number of anilines is 3. The zero-order valence-electron chi connectivity index (χ0n) is 19.1. The average molecular weight is 480 g/mol. The molecule has 0 bridgehead atoms. The molecule has 0 radical (unpaired) electrons. The van der Waals surface area contributed by atoms with E-state index in [1.54, 1.807) is 25.1 Å². The summed E-state index contributed by atoms with van der Waals surface area (Å²) >= 11 is 0. The topological polar surface area (TPSA) is 84.1 Å². The number of amides is 1. The van der Waals surface area contributed by atoms with Gasteiger partial charge in [-0.25, -0.2) is 9.97 Å². The van der Waals surface area contributed by atoms with Crippen LogP contribution in [0.25, 0.3) is 0 Å². The van der Waals surface area contributed by atoms with Crippen molar-refractivity contribution in [3.63, 3.8) is 0 Å². The van der Waals surface area contributed by atoms with Gasteiger partial charge in [-0.2, -0.15) is 13.2 Å². The number of nitrogens with one attached hydrogen (secondary N) is 1. The summed E-state index contributed by atoms with van der Waals surface area (Å²) in [6.45, 7) is 3.22. The molecular formula is C26H24F3N5O. The predicted octanol–water partition coefficient (Wildman–Crippen LogP) is 5.03. The zero-order valence-corrected chi connectivity index (χ0v) is 19.1. The first-order valence-corrected chi connectivity index (χ1v) is 11.2. The number of aryl methyl sites for hydroxylation is 1. The van der Waals surface area contributed by atoms with Crippen molar-refractivity contribution >= 4 is 23.2 Å². The van der Waals surface area contributed by atoms with Crippen LogP contribution in [0.3, 0.4) is 0 Å². The summed E-state index contributed by atoms with van der Waals surface area (Å²) < 4.78 is 40.2. The lowest BCUT2D eigenvalue weighted by Crippen LogP contribution is -2.30. The molecule has 0 aliphatic carbocycles. The summed E-state index contributed by atoms with van der Waals surface area (Å²) in [5, 5.41) is 2.72. The number of hydrogen-bond donors (Lipinski definition) is 2. The van der Waals surface area contributed by atoms with Crippen LogP contribution in [0, 0.1) is 18.8 Å². The molecule has 2 heterocycles. The van der Waals surface area contributed by atoms with Crippen molar-refractivity contribution in [2.75, 3.05) is 29.0 Å². The van der Waals surface area contributed by atoms with E-state index in [0.29, 0.717) is 27.9 Å². The summed E-state index contributed by atoms with van der Waals surface area (Å²) in [5.41, 5.74) is 7.52. The molecule has 3 N–H and O–H groups in total. The Kier molecular flexibility index (Phi) is 6.92. The first kappa shape index (κ1) is 24.1. The summed E-state index contributed by atoms with van der Waals surface area (Å²) in [4.78, 5) is 23.0. The molecule has 6 nitrogen and oxygen atoms in total. The van der Waals surface area contributed by atoms with Crippen LogP contribution in [0.4, 0.5) is 30.5 Å². The Morgan fingerprint density at radius 2 is 1.69 bits per heavy atom. The van der Waals surface area contributed by atoms with E-state index in [9.17, 15) is 18.0 Å². The van der Waals surface area contributed by atoms with Gasteiger partial charge in [-0.15, -0.1) is 0 Å². The molecule has 1 amide bonds. The van der Waals surface area contributed by atoms with Gasteiger partial charge in [-0.3, -0.25) is 4.79 Å². The van der Waals surface area contributed by atoms with Crippen LogP contribution in [-0.2, 0) is 6.18 Å². The monoisotopic (exact) mass is 479 g/mol. The number of piperidine rings is 1. The number of carbonyl (C=O) groups is 1. The van der Waals surface area contributed by atoms with Gasteiger partial charge in [0.05, 0.1) is 22.5 Å². The van der Waals surface area contributed by atoms with Gasteiger partial charge >= 0.3 is 6.18 Å². The number of nitrogens with zero attached hydrogens (tertiary/aromatic N) is 3. The normalized spacial score (nSPS) is 13.7. The second-order valence-corrected chi connectivity index (χ2v) is 8.34. The Bertz CT molecular complexity index is 1290. The van der Waals surface area contributed by atoms with Gasteiger partial charge in [-0.05, 0) is 62.1 Å². The summed E-state index contributed by atoms with van der Waals surface area (Å²) in [7, 11) is 0. The molecule has 0 spiro atoms. The summed E-state index contributed by atoms with van der Waals surface area (Å²) in [6.07, 6.45) is 1.45. The molecule has 3 aromatic rings. The Labute approximate surface area is 201 Å². The number of rotatable bonds is 3. The number of carbonyl (C=O) groups excluding carboxylic acids is 1. The van der Waals surface area contributed by atoms with Crippen LogP contribution in [0.2, 0.25) is 0 Å². The summed E-state index contributed by atoms with van der Waals surface area (Å²) in [5.74, 6) is 5.50. The first-order chi connectivity index (χ1) is 16.7. The molecular weight excluding hydrogens is 455 g/mol. The van der Waals surface area contributed by atoms with E-state index >= 15 is 0 Å². The third-order valence-electron chi connectivity index (χ3n) is 5.77. The van der Waals surface area contributed by atoms with Crippen molar-refractivity contribution in [2.45, 2.75) is 32.4 Å². The van der Waals surface area contributed by atoms with Gasteiger partial charge in [0, 0.05) is 36.6 Å². The second kappa shape index (κ2) is 10.1. The van der Waals surface area contributed by atoms with E-state index in [2.05, 4.69) is 27.1 Å². The molecule has 4 rings (SSSR count). The largest absolute Gasteiger partial charge is 0.416 e. The highest BCUT2D eigenvalue weighted by Gasteiger charge is 2.32. The maximum absolute atomic E-state index is 13.4. The van der Waals surface area contributed by atoms with Gasteiger partial charge in [0.15, 0.2) is 0 Å². The SMILES string of the molecule is Cc1ccc(C#Cc2cnc(N)nc2)cc1C(=O)Nc1cc(C(F)(F)F)ccc1N1CCCCC1. The van der Waals surface area contributed by atoms with Gasteiger partial charge in [0.2, 0.25) is 5.95 Å². The van der Waals surface area contributed by atoms with E-state index in [1.165, 1.54) is 18.5 Å². The Morgan fingerprint density at radius 3 is 2.37 bits per heavy atom. The Morgan fingerprint density at radius 1 is 1.00 bits per heavy atom. The lowest BCUT2D eigenvalue weighted by Gasteiger charge is -2.31. The van der Waals surface area contributed by atoms with Gasteiger partial charge < -0.3 is 16.0 Å². The number of alkyl halides is 3. The number of hydrogen-bond acceptors (Lipinski definition) is 5. The fourth-order valence-corrected chi connectivity index (χ4v) is 3.90. The Hall–Kier alpha value is -4.06. The third-order valence-corrected chi connectivity index (χ3v) is 5.77. The number of nitrogen functional groups attached to an aromatic ring is 1. The highest BCUT2D eigenvalue weighted by Crippen LogP contribution is 2.36. The summed E-state index contributed by atoms with van der Waals surface area (Å²) in [6, 6.07) is 8.62. The number of aromatic nitrogens is 2. The molecule has 1 saturated heterocycles.